The maximum absolute atomic E-state index is 9.99. The summed E-state index contributed by atoms with van der Waals surface area (Å²) in [5.74, 6) is 0.456. The van der Waals surface area contributed by atoms with E-state index in [4.69, 9.17) is 0 Å². The van der Waals surface area contributed by atoms with Gasteiger partial charge in [-0.2, -0.15) is 0 Å². The van der Waals surface area contributed by atoms with E-state index in [2.05, 4.69) is 17.9 Å². The summed E-state index contributed by atoms with van der Waals surface area (Å²) in [5.41, 5.74) is 3.52. The molecule has 94 valence electrons. The van der Waals surface area contributed by atoms with E-state index in [0.29, 0.717) is 5.75 Å². The molecule has 0 atom stereocenters. The van der Waals surface area contributed by atoms with Crippen LogP contribution in [-0.2, 0) is 6.54 Å². The molecule has 1 N–H and O–H groups in total. The zero-order valence-electron chi connectivity index (χ0n) is 11.0. The summed E-state index contributed by atoms with van der Waals surface area (Å²) < 4.78 is 0. The van der Waals surface area contributed by atoms with Gasteiger partial charge >= 0.3 is 0 Å². The smallest absolute Gasteiger partial charge is 0.120 e. The zero-order chi connectivity index (χ0) is 12.3. The highest BCUT2D eigenvalue weighted by atomic mass is 16.3. The van der Waals surface area contributed by atoms with Crippen molar-refractivity contribution in [3.63, 3.8) is 0 Å². The molecule has 2 heteroatoms. The average Bonchev–Trinajstić information content (AvgIpc) is 2.54. The molecule has 1 aromatic rings. The van der Waals surface area contributed by atoms with E-state index >= 15 is 0 Å². The molecule has 1 aliphatic rings. The summed E-state index contributed by atoms with van der Waals surface area (Å²) in [6, 6.07) is 4.03. The number of likely N-dealkylation sites (tertiary alicyclic amines) is 1. The molecular weight excluding hydrogens is 210 g/mol. The SMILES string of the molecule is Cc1cc(O)c(CN2CCCCCC2)cc1C. The van der Waals surface area contributed by atoms with Crippen LogP contribution in [0.3, 0.4) is 0 Å². The van der Waals surface area contributed by atoms with Gasteiger partial charge in [-0.1, -0.05) is 18.9 Å². The van der Waals surface area contributed by atoms with Crippen LogP contribution in [0.5, 0.6) is 5.75 Å². The first-order valence-electron chi connectivity index (χ1n) is 6.68. The molecule has 2 rings (SSSR count). The van der Waals surface area contributed by atoms with Crippen LogP contribution in [0.1, 0.15) is 42.4 Å². The number of hydrogen-bond acceptors (Lipinski definition) is 2. The van der Waals surface area contributed by atoms with Crippen molar-refractivity contribution in [1.29, 1.82) is 0 Å². The van der Waals surface area contributed by atoms with E-state index in [9.17, 15) is 5.11 Å². The molecule has 0 aromatic heterocycles. The van der Waals surface area contributed by atoms with Crippen molar-refractivity contribution in [1.82, 2.24) is 4.90 Å². The van der Waals surface area contributed by atoms with Gasteiger partial charge < -0.3 is 5.11 Å². The Morgan fingerprint density at radius 3 is 2.24 bits per heavy atom. The predicted octanol–water partition coefficient (Wildman–Crippen LogP) is 3.39. The first-order chi connectivity index (χ1) is 8.16. The molecule has 17 heavy (non-hydrogen) atoms. The van der Waals surface area contributed by atoms with Crippen LogP contribution in [0, 0.1) is 13.8 Å². The van der Waals surface area contributed by atoms with E-state index in [1.165, 1.54) is 49.9 Å². The second-order valence-corrected chi connectivity index (χ2v) is 5.26. The minimum atomic E-state index is 0.456. The summed E-state index contributed by atoms with van der Waals surface area (Å²) in [7, 11) is 0. The van der Waals surface area contributed by atoms with Crippen molar-refractivity contribution in [3.05, 3.63) is 28.8 Å². The van der Waals surface area contributed by atoms with Crippen LogP contribution in [0.15, 0.2) is 12.1 Å². The van der Waals surface area contributed by atoms with Crippen molar-refractivity contribution >= 4 is 0 Å². The van der Waals surface area contributed by atoms with Crippen LogP contribution in [0.25, 0.3) is 0 Å². The molecule has 0 aliphatic carbocycles. The third-order valence-electron chi connectivity index (χ3n) is 3.79. The van der Waals surface area contributed by atoms with Gasteiger partial charge in [0, 0.05) is 12.1 Å². The highest BCUT2D eigenvalue weighted by molar-refractivity contribution is 5.40. The van der Waals surface area contributed by atoms with Gasteiger partial charge in [-0.25, -0.2) is 0 Å². The number of phenols is 1. The standard InChI is InChI=1S/C15H23NO/c1-12-9-14(15(17)10-13(12)2)11-16-7-5-3-4-6-8-16/h9-10,17H,3-8,11H2,1-2H3. The van der Waals surface area contributed by atoms with Crippen molar-refractivity contribution in [2.45, 2.75) is 46.1 Å². The summed E-state index contributed by atoms with van der Waals surface area (Å²) >= 11 is 0. The van der Waals surface area contributed by atoms with Gasteiger partial charge in [-0.15, -0.1) is 0 Å². The molecule has 1 saturated heterocycles. The lowest BCUT2D eigenvalue weighted by Crippen LogP contribution is -2.24. The first kappa shape index (κ1) is 12.4. The van der Waals surface area contributed by atoms with Crippen LogP contribution in [-0.4, -0.2) is 23.1 Å². The number of nitrogens with zero attached hydrogens (tertiary/aromatic N) is 1. The Bertz CT molecular complexity index is 379. The Balaban J connectivity index is 2.09. The Labute approximate surface area is 104 Å². The quantitative estimate of drug-likeness (QED) is 0.846. The van der Waals surface area contributed by atoms with Gasteiger partial charge in [0.05, 0.1) is 0 Å². The third-order valence-corrected chi connectivity index (χ3v) is 3.79. The van der Waals surface area contributed by atoms with Gasteiger partial charge in [0.2, 0.25) is 0 Å². The summed E-state index contributed by atoms with van der Waals surface area (Å²) in [4.78, 5) is 2.47. The monoisotopic (exact) mass is 233 g/mol. The number of rotatable bonds is 2. The largest absolute Gasteiger partial charge is 0.508 e. The maximum Gasteiger partial charge on any atom is 0.120 e. The number of aromatic hydroxyl groups is 1. The van der Waals surface area contributed by atoms with Crippen LogP contribution in [0.4, 0.5) is 0 Å². The molecule has 0 radical (unpaired) electrons. The van der Waals surface area contributed by atoms with Crippen molar-refractivity contribution in [2.24, 2.45) is 0 Å². The van der Waals surface area contributed by atoms with E-state index in [1.807, 2.05) is 13.0 Å². The van der Waals surface area contributed by atoms with E-state index < -0.39 is 0 Å². The van der Waals surface area contributed by atoms with Crippen LogP contribution in [0.2, 0.25) is 0 Å². The van der Waals surface area contributed by atoms with Gasteiger partial charge in [0.15, 0.2) is 0 Å². The fraction of sp³-hybridized carbons (Fsp3) is 0.600. The predicted molar refractivity (Wildman–Crippen MR) is 71.3 cm³/mol. The number of hydrogen-bond donors (Lipinski definition) is 1. The maximum atomic E-state index is 9.99. The molecule has 0 bridgehead atoms. The molecule has 2 nitrogen and oxygen atoms in total. The lowest BCUT2D eigenvalue weighted by molar-refractivity contribution is 0.272. The Hall–Kier alpha value is -1.02. The van der Waals surface area contributed by atoms with Gasteiger partial charge in [0.25, 0.3) is 0 Å². The molecule has 0 unspecified atom stereocenters. The van der Waals surface area contributed by atoms with Crippen molar-refractivity contribution < 1.29 is 5.11 Å². The molecule has 1 aromatic carbocycles. The highest BCUT2D eigenvalue weighted by Crippen LogP contribution is 2.24. The summed E-state index contributed by atoms with van der Waals surface area (Å²) in [6.45, 7) is 7.40. The van der Waals surface area contributed by atoms with Crippen LogP contribution < -0.4 is 0 Å². The Morgan fingerprint density at radius 1 is 1.00 bits per heavy atom. The van der Waals surface area contributed by atoms with Gasteiger partial charge in [-0.05, 0) is 57.0 Å². The van der Waals surface area contributed by atoms with Crippen LogP contribution >= 0.6 is 0 Å². The van der Waals surface area contributed by atoms with Crippen molar-refractivity contribution in [3.8, 4) is 5.75 Å². The number of benzene rings is 1. The molecule has 0 spiro atoms. The highest BCUT2D eigenvalue weighted by Gasteiger charge is 2.12. The number of aryl methyl sites for hydroxylation is 2. The topological polar surface area (TPSA) is 23.5 Å². The van der Waals surface area contributed by atoms with E-state index in [-0.39, 0.29) is 0 Å². The third kappa shape index (κ3) is 3.22. The number of phenolic OH excluding ortho intramolecular Hbond substituents is 1. The van der Waals surface area contributed by atoms with Crippen molar-refractivity contribution in [2.75, 3.05) is 13.1 Å². The Kier molecular flexibility index (Phi) is 4.06. The minimum absolute atomic E-state index is 0.456. The lowest BCUT2D eigenvalue weighted by Gasteiger charge is -2.21. The lowest BCUT2D eigenvalue weighted by atomic mass is 10.0. The summed E-state index contributed by atoms with van der Waals surface area (Å²) in [6.07, 6.45) is 5.31. The zero-order valence-corrected chi connectivity index (χ0v) is 11.0. The molecule has 1 fully saturated rings. The fourth-order valence-corrected chi connectivity index (χ4v) is 2.52. The van der Waals surface area contributed by atoms with Gasteiger partial charge in [-0.3, -0.25) is 4.90 Å². The molecular formula is C15H23NO. The van der Waals surface area contributed by atoms with E-state index in [0.717, 1.165) is 12.1 Å². The second-order valence-electron chi connectivity index (χ2n) is 5.26. The van der Waals surface area contributed by atoms with E-state index in [1.54, 1.807) is 0 Å². The molecule has 0 saturated carbocycles. The molecule has 0 amide bonds. The van der Waals surface area contributed by atoms with Gasteiger partial charge in [0.1, 0.15) is 5.75 Å². The summed E-state index contributed by atoms with van der Waals surface area (Å²) in [5, 5.41) is 9.99. The first-order valence-corrected chi connectivity index (χ1v) is 6.68. The molecule has 1 aliphatic heterocycles. The normalized spacial score (nSPS) is 18.0. The fourth-order valence-electron chi connectivity index (χ4n) is 2.52. The Morgan fingerprint density at radius 2 is 1.59 bits per heavy atom. The molecule has 1 heterocycles. The minimum Gasteiger partial charge on any atom is -0.508 e. The average molecular weight is 233 g/mol. The second kappa shape index (κ2) is 5.54.